The van der Waals surface area contributed by atoms with Gasteiger partial charge >= 0.3 is 0 Å². The number of nitrogens with one attached hydrogen (secondary N) is 1. The van der Waals surface area contributed by atoms with Gasteiger partial charge in [0.05, 0.1) is 29.0 Å². The van der Waals surface area contributed by atoms with Gasteiger partial charge < -0.3 is 10.1 Å². The highest BCUT2D eigenvalue weighted by Crippen LogP contribution is 2.49. The van der Waals surface area contributed by atoms with Crippen molar-refractivity contribution in [2.75, 3.05) is 37.5 Å². The summed E-state index contributed by atoms with van der Waals surface area (Å²) in [5, 5.41) is 7.11. The standard InChI is InChI=1S/C31H30F2N4O3S/c1-19-8-7-11-25(20(19)2)37-31-28(29(35-37)21-9-5-4-6-10-21)30(23-13-12-22(32)16-24(23)33)41-18-27(39)36(31)17-26(38)34-14-15-40-3/h4-13,16,30H,14-15,17-18H2,1-3H3,(H,34,38)/t30-/m0/s1. The molecule has 1 N–H and O–H groups in total. The van der Waals surface area contributed by atoms with Gasteiger partial charge in [-0.1, -0.05) is 48.5 Å². The monoisotopic (exact) mass is 576 g/mol. The van der Waals surface area contributed by atoms with E-state index >= 15 is 4.39 Å². The molecule has 0 saturated carbocycles. The second-order valence-corrected chi connectivity index (χ2v) is 10.9. The third-order valence-corrected chi connectivity index (χ3v) is 8.35. The molecule has 4 aromatic rings. The number of thioether (sulfide) groups is 1. The van der Waals surface area contributed by atoms with Crippen molar-refractivity contribution in [1.29, 1.82) is 0 Å². The predicted octanol–water partition coefficient (Wildman–Crippen LogP) is 5.37. The second-order valence-electron chi connectivity index (χ2n) is 9.76. The number of carbonyl (C=O) groups excluding carboxylic acids is 2. The molecule has 1 aromatic heterocycles. The first-order chi connectivity index (χ1) is 19.8. The summed E-state index contributed by atoms with van der Waals surface area (Å²) < 4.78 is 36.0. The van der Waals surface area contributed by atoms with E-state index in [4.69, 9.17) is 9.84 Å². The number of hydrogen-bond donors (Lipinski definition) is 1. The average molecular weight is 577 g/mol. The maximum absolute atomic E-state index is 15.4. The van der Waals surface area contributed by atoms with Crippen molar-refractivity contribution in [1.82, 2.24) is 15.1 Å². The molecule has 3 aromatic carbocycles. The Balaban J connectivity index is 1.80. The van der Waals surface area contributed by atoms with E-state index in [0.29, 0.717) is 23.7 Å². The topological polar surface area (TPSA) is 76.5 Å². The Morgan fingerprint density at radius 3 is 2.61 bits per heavy atom. The highest BCUT2D eigenvalue weighted by molar-refractivity contribution is 8.00. The van der Waals surface area contributed by atoms with Crippen molar-refractivity contribution in [2.24, 2.45) is 0 Å². The summed E-state index contributed by atoms with van der Waals surface area (Å²) in [5.41, 5.74) is 4.80. The molecule has 1 aliphatic heterocycles. The van der Waals surface area contributed by atoms with Crippen LogP contribution in [0.1, 0.15) is 27.5 Å². The van der Waals surface area contributed by atoms with Crippen LogP contribution in [0.2, 0.25) is 0 Å². The zero-order chi connectivity index (χ0) is 29.1. The number of ether oxygens (including phenoxy) is 1. The number of methoxy groups -OCH3 is 1. The van der Waals surface area contributed by atoms with E-state index in [2.05, 4.69) is 5.32 Å². The summed E-state index contributed by atoms with van der Waals surface area (Å²) in [5.74, 6) is -1.75. The van der Waals surface area contributed by atoms with Crippen LogP contribution in [0.25, 0.3) is 16.9 Å². The molecule has 0 fully saturated rings. The lowest BCUT2D eigenvalue weighted by atomic mass is 9.99. The van der Waals surface area contributed by atoms with E-state index in [-0.39, 0.29) is 36.2 Å². The zero-order valence-electron chi connectivity index (χ0n) is 23.0. The molecule has 212 valence electrons. The van der Waals surface area contributed by atoms with Gasteiger partial charge in [0.2, 0.25) is 11.8 Å². The number of aryl methyl sites for hydroxylation is 1. The smallest absolute Gasteiger partial charge is 0.240 e. The minimum Gasteiger partial charge on any atom is -0.383 e. The van der Waals surface area contributed by atoms with Crippen molar-refractivity contribution in [3.63, 3.8) is 0 Å². The number of aromatic nitrogens is 2. The van der Waals surface area contributed by atoms with Crippen molar-refractivity contribution in [3.05, 3.63) is 101 Å². The summed E-state index contributed by atoms with van der Waals surface area (Å²) in [6.45, 7) is 4.30. The summed E-state index contributed by atoms with van der Waals surface area (Å²) in [4.78, 5) is 28.2. The molecule has 0 saturated heterocycles. The number of halogens is 2. The van der Waals surface area contributed by atoms with Crippen LogP contribution in [-0.2, 0) is 14.3 Å². The number of benzene rings is 3. The van der Waals surface area contributed by atoms with Gasteiger partial charge in [-0.25, -0.2) is 13.5 Å². The quantitative estimate of drug-likeness (QED) is 0.286. The van der Waals surface area contributed by atoms with Crippen LogP contribution in [-0.4, -0.2) is 54.2 Å². The zero-order valence-corrected chi connectivity index (χ0v) is 23.8. The second kappa shape index (κ2) is 12.2. The molecule has 2 heterocycles. The van der Waals surface area contributed by atoms with Crippen LogP contribution in [0.4, 0.5) is 14.6 Å². The van der Waals surface area contributed by atoms with Gasteiger partial charge in [-0.15, -0.1) is 11.8 Å². The maximum Gasteiger partial charge on any atom is 0.240 e. The SMILES string of the molecule is COCCNC(=O)CN1C(=O)CS[C@@H](c2ccc(F)cc2F)c2c(-c3ccccc3)nn(-c3cccc(C)c3C)c21. The number of hydrogen-bond acceptors (Lipinski definition) is 5. The van der Waals surface area contributed by atoms with Crippen LogP contribution in [0.15, 0.2) is 66.7 Å². The fourth-order valence-corrected chi connectivity index (χ4v) is 6.13. The van der Waals surface area contributed by atoms with Gasteiger partial charge in [0, 0.05) is 36.4 Å². The van der Waals surface area contributed by atoms with Gasteiger partial charge in [-0.2, -0.15) is 5.10 Å². The lowest BCUT2D eigenvalue weighted by Crippen LogP contribution is -2.43. The third-order valence-electron chi connectivity index (χ3n) is 7.12. The summed E-state index contributed by atoms with van der Waals surface area (Å²) in [6, 6.07) is 18.7. The number of fused-ring (bicyclic) bond motifs is 1. The Morgan fingerprint density at radius 2 is 1.88 bits per heavy atom. The van der Waals surface area contributed by atoms with Gasteiger partial charge in [0.1, 0.15) is 24.0 Å². The fraction of sp³-hybridized carbons (Fsp3) is 0.258. The van der Waals surface area contributed by atoms with Crippen LogP contribution in [0.5, 0.6) is 0 Å². The van der Waals surface area contributed by atoms with Gasteiger partial charge in [-0.05, 0) is 37.1 Å². The summed E-state index contributed by atoms with van der Waals surface area (Å²) >= 11 is 1.23. The molecule has 0 spiro atoms. The van der Waals surface area contributed by atoms with E-state index in [9.17, 15) is 14.0 Å². The Kier molecular flexibility index (Phi) is 8.51. The highest BCUT2D eigenvalue weighted by atomic mass is 32.2. The average Bonchev–Trinajstić information content (AvgIpc) is 3.28. The molecular formula is C31H30F2N4O3S. The molecule has 1 aliphatic rings. The van der Waals surface area contributed by atoms with E-state index < -0.39 is 16.9 Å². The van der Waals surface area contributed by atoms with Gasteiger partial charge in [0.15, 0.2) is 0 Å². The van der Waals surface area contributed by atoms with Crippen molar-refractivity contribution in [2.45, 2.75) is 19.1 Å². The first kappa shape index (κ1) is 28.5. The minimum absolute atomic E-state index is 0.0253. The molecule has 0 unspecified atom stereocenters. The van der Waals surface area contributed by atoms with Crippen LogP contribution in [0.3, 0.4) is 0 Å². The molecule has 10 heteroatoms. The number of rotatable bonds is 8. The van der Waals surface area contributed by atoms with Crippen LogP contribution < -0.4 is 10.2 Å². The Morgan fingerprint density at radius 1 is 1.10 bits per heavy atom. The first-order valence-corrected chi connectivity index (χ1v) is 14.2. The number of nitrogens with zero attached hydrogens (tertiary/aromatic N) is 3. The lowest BCUT2D eigenvalue weighted by Gasteiger charge is -2.24. The van der Waals surface area contributed by atoms with Gasteiger partial charge in [0.25, 0.3) is 0 Å². The normalized spacial score (nSPS) is 15.0. The van der Waals surface area contributed by atoms with E-state index in [0.717, 1.165) is 28.4 Å². The molecule has 41 heavy (non-hydrogen) atoms. The first-order valence-electron chi connectivity index (χ1n) is 13.2. The highest BCUT2D eigenvalue weighted by Gasteiger charge is 2.38. The fourth-order valence-electron chi connectivity index (χ4n) is 4.91. The number of carbonyl (C=O) groups is 2. The van der Waals surface area contributed by atoms with Crippen LogP contribution in [0, 0.1) is 25.5 Å². The predicted molar refractivity (Wildman–Crippen MR) is 156 cm³/mol. The number of anilines is 1. The van der Waals surface area contributed by atoms with Gasteiger partial charge in [-0.3, -0.25) is 14.5 Å². The molecule has 0 radical (unpaired) electrons. The molecule has 5 rings (SSSR count). The van der Waals surface area contributed by atoms with E-state index in [1.807, 2.05) is 62.4 Å². The molecule has 2 amide bonds. The third kappa shape index (κ3) is 5.75. The molecule has 7 nitrogen and oxygen atoms in total. The molecule has 0 aliphatic carbocycles. The van der Waals surface area contributed by atoms with E-state index in [1.54, 1.807) is 4.68 Å². The summed E-state index contributed by atoms with van der Waals surface area (Å²) in [6.07, 6.45) is 0. The Bertz CT molecular complexity index is 1590. The van der Waals surface area contributed by atoms with Crippen molar-refractivity contribution in [3.8, 4) is 16.9 Å². The Labute approximate surface area is 241 Å². The van der Waals surface area contributed by atoms with Crippen molar-refractivity contribution >= 4 is 29.4 Å². The van der Waals surface area contributed by atoms with E-state index in [1.165, 1.54) is 35.9 Å². The molecule has 1 atom stereocenters. The largest absolute Gasteiger partial charge is 0.383 e. The summed E-state index contributed by atoms with van der Waals surface area (Å²) in [7, 11) is 1.54. The Hall–Kier alpha value is -4.02. The van der Waals surface area contributed by atoms with Crippen LogP contribution >= 0.6 is 11.8 Å². The minimum atomic E-state index is -0.717. The number of amides is 2. The lowest BCUT2D eigenvalue weighted by molar-refractivity contribution is -0.123. The molecule has 0 bridgehead atoms. The molecular weight excluding hydrogens is 546 g/mol. The maximum atomic E-state index is 15.4. The van der Waals surface area contributed by atoms with Crippen molar-refractivity contribution < 1.29 is 23.1 Å².